The molecule has 6 heterocycles. The first kappa shape index (κ1) is 47.8. The number of pyridine rings is 1. The minimum Gasteiger partial charge on any atom is -0.490 e. The Morgan fingerprint density at radius 1 is 0.925 bits per heavy atom. The van der Waals surface area contributed by atoms with Gasteiger partial charge < -0.3 is 49.8 Å². The van der Waals surface area contributed by atoms with Crippen LogP contribution in [0.4, 0.5) is 5.69 Å². The summed E-state index contributed by atoms with van der Waals surface area (Å²) in [6, 6.07) is 13.4. The van der Waals surface area contributed by atoms with Crippen LogP contribution in [0.1, 0.15) is 63.5 Å². The van der Waals surface area contributed by atoms with Crippen LogP contribution in [0.25, 0.3) is 16.5 Å². The number of piperidine rings is 1. The summed E-state index contributed by atoms with van der Waals surface area (Å²) in [5, 5.41) is 28.4. The van der Waals surface area contributed by atoms with Crippen molar-refractivity contribution >= 4 is 45.6 Å². The Labute approximate surface area is 399 Å². The second-order valence-corrected chi connectivity index (χ2v) is 20.9. The Balaban J connectivity index is 0.695. The Kier molecular flexibility index (Phi) is 14.5. The van der Waals surface area contributed by atoms with Crippen molar-refractivity contribution in [3.8, 4) is 11.5 Å². The largest absolute Gasteiger partial charge is 0.490 e. The molecule has 364 valence electrons. The minimum atomic E-state index is -0.983. The first-order valence-electron chi connectivity index (χ1n) is 24.5. The van der Waals surface area contributed by atoms with E-state index in [0.29, 0.717) is 18.4 Å². The normalized spacial score (nSPS) is 27.9. The molecule has 1 saturated carbocycles. The number of aliphatic hydroxyl groups is 1. The van der Waals surface area contributed by atoms with Crippen LogP contribution >= 0.6 is 11.6 Å². The number of aromatic nitrogens is 1. The summed E-state index contributed by atoms with van der Waals surface area (Å²) < 4.78 is 13.8. The van der Waals surface area contributed by atoms with E-state index >= 15 is 0 Å². The molecule has 2 amide bonds. The first-order chi connectivity index (χ1) is 32.2. The molecular formula is C50H71ClN10O6. The second-order valence-electron chi connectivity index (χ2n) is 20.3. The number of benzene rings is 2. The van der Waals surface area contributed by atoms with Crippen molar-refractivity contribution in [1.82, 2.24) is 45.4 Å². The summed E-state index contributed by atoms with van der Waals surface area (Å²) in [7, 11) is 5.06. The third-order valence-electron chi connectivity index (χ3n) is 15.3. The van der Waals surface area contributed by atoms with Crippen molar-refractivity contribution in [1.29, 1.82) is 0 Å². The maximum atomic E-state index is 12.9. The summed E-state index contributed by atoms with van der Waals surface area (Å²) in [6.07, 6.45) is 8.54. The highest BCUT2D eigenvalue weighted by molar-refractivity contribution is 6.21. The number of anilines is 1. The van der Waals surface area contributed by atoms with E-state index in [1.165, 1.54) is 30.9 Å². The molecule has 4 saturated heterocycles. The molecule has 67 heavy (non-hydrogen) atoms. The lowest BCUT2D eigenvalue weighted by atomic mass is 9.79. The van der Waals surface area contributed by atoms with Gasteiger partial charge in [-0.25, -0.2) is 0 Å². The number of nitrogens with zero attached hydrogens (tertiary/aromatic N) is 5. The molecule has 5 fully saturated rings. The van der Waals surface area contributed by atoms with Crippen LogP contribution in [-0.4, -0.2) is 157 Å². The SMILES string of the molecule is CNC(=O)COc1cc2cc(NC3NC(N4CCC(CN5CCN(CCC6CC(Oc7ccc(C(C)(C)O)cc7C7=CN(C)C(=O)C8NCCC78)C6)CC5)CC4)NCC3Cl)ccc2n(C)c1=O. The fourth-order valence-corrected chi connectivity index (χ4v) is 11.2. The number of fused-ring (bicyclic) bond motifs is 2. The van der Waals surface area contributed by atoms with E-state index in [1.807, 2.05) is 57.4 Å². The molecule has 6 N–H and O–H groups in total. The van der Waals surface area contributed by atoms with Crippen LogP contribution in [0.5, 0.6) is 11.5 Å². The molecular weight excluding hydrogens is 872 g/mol. The van der Waals surface area contributed by atoms with Crippen LogP contribution < -0.4 is 41.6 Å². The summed E-state index contributed by atoms with van der Waals surface area (Å²) in [5.74, 6) is 2.23. The lowest BCUT2D eigenvalue weighted by Gasteiger charge is -2.45. The Morgan fingerprint density at radius 2 is 1.69 bits per heavy atom. The molecule has 1 aliphatic carbocycles. The van der Waals surface area contributed by atoms with Gasteiger partial charge in [-0.2, -0.15) is 0 Å². The number of carbonyl (C=O) groups excluding carboxylic acids is 2. The number of hydrogen-bond donors (Lipinski definition) is 6. The average molecular weight is 944 g/mol. The van der Waals surface area contributed by atoms with E-state index in [-0.39, 0.29) is 65.6 Å². The van der Waals surface area contributed by atoms with Crippen LogP contribution in [0.15, 0.2) is 53.5 Å². The van der Waals surface area contributed by atoms with Gasteiger partial charge in [-0.1, -0.05) is 6.07 Å². The molecule has 0 spiro atoms. The number of likely N-dealkylation sites (N-methyl/N-ethyl adjacent to an activating group) is 2. The zero-order valence-corrected chi connectivity index (χ0v) is 40.6. The van der Waals surface area contributed by atoms with Gasteiger partial charge in [-0.05, 0) is 125 Å². The van der Waals surface area contributed by atoms with Crippen molar-refractivity contribution in [2.24, 2.45) is 24.8 Å². The third kappa shape index (κ3) is 10.8. The fraction of sp³-hybridized carbons (Fsp3) is 0.620. The number of amides is 2. The van der Waals surface area contributed by atoms with Crippen LogP contribution in [0.3, 0.4) is 0 Å². The van der Waals surface area contributed by atoms with Gasteiger partial charge in [-0.15, -0.1) is 11.6 Å². The summed E-state index contributed by atoms with van der Waals surface area (Å²) in [4.78, 5) is 47.1. The zero-order chi connectivity index (χ0) is 47.0. The van der Waals surface area contributed by atoms with Gasteiger partial charge in [0.2, 0.25) is 5.91 Å². The van der Waals surface area contributed by atoms with E-state index in [0.717, 1.165) is 117 Å². The predicted octanol–water partition coefficient (Wildman–Crippen LogP) is 3.08. The molecule has 5 unspecified atom stereocenters. The molecule has 16 nitrogen and oxygen atoms in total. The molecule has 6 aliphatic rings. The number of nitrogens with one attached hydrogen (secondary N) is 5. The van der Waals surface area contributed by atoms with E-state index in [4.69, 9.17) is 21.1 Å². The summed E-state index contributed by atoms with van der Waals surface area (Å²) >= 11 is 6.85. The van der Waals surface area contributed by atoms with Crippen LogP contribution in [0.2, 0.25) is 0 Å². The van der Waals surface area contributed by atoms with Gasteiger partial charge in [0.05, 0.1) is 34.8 Å². The third-order valence-corrected chi connectivity index (χ3v) is 15.7. The van der Waals surface area contributed by atoms with Gasteiger partial charge in [0.15, 0.2) is 12.4 Å². The maximum Gasteiger partial charge on any atom is 0.293 e. The number of rotatable bonds is 15. The molecule has 2 aromatic carbocycles. The predicted molar refractivity (Wildman–Crippen MR) is 262 cm³/mol. The number of ether oxygens (including phenoxy) is 2. The highest BCUT2D eigenvalue weighted by Crippen LogP contribution is 2.43. The second kappa shape index (κ2) is 20.4. The molecule has 0 bridgehead atoms. The monoisotopic (exact) mass is 943 g/mol. The molecule has 9 rings (SSSR count). The molecule has 1 aromatic heterocycles. The molecule has 17 heteroatoms. The lowest BCUT2D eigenvalue weighted by Crippen LogP contribution is -2.68. The highest BCUT2D eigenvalue weighted by atomic mass is 35.5. The van der Waals surface area contributed by atoms with Crippen molar-refractivity contribution in [2.75, 3.05) is 91.5 Å². The van der Waals surface area contributed by atoms with Gasteiger partial charge in [-0.3, -0.25) is 29.9 Å². The van der Waals surface area contributed by atoms with Gasteiger partial charge >= 0.3 is 0 Å². The smallest absolute Gasteiger partial charge is 0.293 e. The van der Waals surface area contributed by atoms with E-state index in [2.05, 4.69) is 47.4 Å². The summed E-state index contributed by atoms with van der Waals surface area (Å²) in [6.45, 7) is 13.7. The molecule has 3 aromatic rings. The molecule has 0 radical (unpaired) electrons. The minimum absolute atomic E-state index is 0.0102. The van der Waals surface area contributed by atoms with Crippen molar-refractivity contribution < 1.29 is 24.2 Å². The lowest BCUT2D eigenvalue weighted by molar-refractivity contribution is -0.130. The number of carbonyl (C=O) groups is 2. The Morgan fingerprint density at radius 3 is 2.43 bits per heavy atom. The average Bonchev–Trinajstić information content (AvgIpc) is 3.81. The van der Waals surface area contributed by atoms with Crippen LogP contribution in [-0.2, 0) is 22.2 Å². The summed E-state index contributed by atoms with van der Waals surface area (Å²) in [5.41, 5.74) is 3.31. The van der Waals surface area contributed by atoms with Gasteiger partial charge in [0, 0.05) is 102 Å². The van der Waals surface area contributed by atoms with Crippen LogP contribution in [0, 0.1) is 17.8 Å². The number of alkyl halides is 1. The highest BCUT2D eigenvalue weighted by Gasteiger charge is 2.42. The van der Waals surface area contributed by atoms with E-state index < -0.39 is 5.60 Å². The maximum absolute atomic E-state index is 12.9. The standard InChI is InChI=1S/C50H71ClN10O6/c1-50(2,65)34-6-9-42(38(26-34)39-29-57(4)48(64)45-37(39)10-14-53-45)67-36-22-32(23-36)11-15-59-18-20-60(21-19-59)28-31-12-16-61(17-13-31)49-54-27-40(51)46(56-49)55-35-7-8-41-33(24-35)25-43(47(63)58(41)5)66-30-44(62)52-3/h6-9,24-26,29,31-32,36-37,40,45-46,49,53-56,65H,10-23,27-28,30H2,1-5H3,(H,52,62). The Hall–Kier alpha value is -4.26. The van der Waals surface area contributed by atoms with E-state index in [9.17, 15) is 19.5 Å². The van der Waals surface area contributed by atoms with Crippen molar-refractivity contribution in [3.05, 3.63) is 70.1 Å². The molecule has 5 aliphatic heterocycles. The zero-order valence-electron chi connectivity index (χ0n) is 39.9. The number of aryl methyl sites for hydroxylation is 1. The fourth-order valence-electron chi connectivity index (χ4n) is 11.0. The first-order valence-corrected chi connectivity index (χ1v) is 25.0. The topological polar surface area (TPSA) is 168 Å². The number of hydrogen-bond acceptors (Lipinski definition) is 13. The number of halogens is 1. The van der Waals surface area contributed by atoms with E-state index in [1.54, 1.807) is 18.0 Å². The van der Waals surface area contributed by atoms with Crippen molar-refractivity contribution in [2.45, 2.75) is 88.0 Å². The van der Waals surface area contributed by atoms with Gasteiger partial charge in [0.25, 0.3) is 11.5 Å². The number of likely N-dealkylation sites (tertiary alicyclic amines) is 1. The number of piperazine rings is 1. The van der Waals surface area contributed by atoms with Crippen molar-refractivity contribution in [3.63, 3.8) is 0 Å². The quantitative estimate of drug-likeness (QED) is 0.123. The molecule has 5 atom stereocenters. The van der Waals surface area contributed by atoms with Gasteiger partial charge in [0.1, 0.15) is 12.0 Å². The Bertz CT molecular complexity index is 2350.